The number of hydrogen-bond acceptors (Lipinski definition) is 3. The van der Waals surface area contributed by atoms with Crippen LogP contribution in [0.4, 0.5) is 14.6 Å². The predicted octanol–water partition coefficient (Wildman–Crippen LogP) is 3.73. The summed E-state index contributed by atoms with van der Waals surface area (Å²) in [6, 6.07) is 3.32. The van der Waals surface area contributed by atoms with E-state index in [2.05, 4.69) is 10.3 Å². The van der Waals surface area contributed by atoms with Gasteiger partial charge in [0.05, 0.1) is 7.11 Å². The molecule has 6 heteroatoms. The third kappa shape index (κ3) is 3.45. The number of rotatable bonds is 3. The molecule has 0 saturated heterocycles. The van der Waals surface area contributed by atoms with E-state index >= 15 is 0 Å². The summed E-state index contributed by atoms with van der Waals surface area (Å²) in [4.78, 5) is 4.10. The molecule has 1 fully saturated rings. The predicted molar refractivity (Wildman–Crippen MR) is 66.6 cm³/mol. The first kappa shape index (κ1) is 13.3. The van der Waals surface area contributed by atoms with Gasteiger partial charge in [0.1, 0.15) is 16.7 Å². The van der Waals surface area contributed by atoms with Crippen LogP contribution in [-0.2, 0) is 0 Å². The van der Waals surface area contributed by atoms with E-state index in [0.717, 1.165) is 0 Å². The molecule has 2 rings (SSSR count). The number of aromatic nitrogens is 1. The van der Waals surface area contributed by atoms with Crippen LogP contribution < -0.4 is 10.1 Å². The third-order valence-electron chi connectivity index (χ3n) is 3.07. The van der Waals surface area contributed by atoms with E-state index in [9.17, 15) is 8.78 Å². The van der Waals surface area contributed by atoms with E-state index in [-0.39, 0.29) is 18.9 Å². The Bertz CT molecular complexity index is 419. The number of pyridine rings is 1. The molecule has 1 aromatic rings. The van der Waals surface area contributed by atoms with Gasteiger partial charge in [-0.2, -0.15) is 0 Å². The Balaban J connectivity index is 2.00. The van der Waals surface area contributed by atoms with Gasteiger partial charge in [0.25, 0.3) is 0 Å². The molecule has 3 nitrogen and oxygen atoms in total. The van der Waals surface area contributed by atoms with E-state index in [1.807, 2.05) is 0 Å². The highest BCUT2D eigenvalue weighted by atomic mass is 35.5. The van der Waals surface area contributed by atoms with Crippen LogP contribution in [0.15, 0.2) is 12.1 Å². The number of anilines is 1. The highest BCUT2D eigenvalue weighted by molar-refractivity contribution is 6.29. The first-order chi connectivity index (χ1) is 8.48. The Morgan fingerprint density at radius 1 is 1.39 bits per heavy atom. The maximum Gasteiger partial charge on any atom is 0.248 e. The second-order valence-corrected chi connectivity index (χ2v) is 4.88. The van der Waals surface area contributed by atoms with Crippen molar-refractivity contribution in [2.24, 2.45) is 0 Å². The molecule has 1 saturated carbocycles. The SMILES string of the molecule is COc1cc(Cl)nc(NC2CCC(F)(F)CC2)c1. The number of nitrogens with one attached hydrogen (secondary N) is 1. The molecule has 0 spiro atoms. The van der Waals surface area contributed by atoms with Crippen molar-refractivity contribution < 1.29 is 13.5 Å². The molecule has 0 amide bonds. The summed E-state index contributed by atoms with van der Waals surface area (Å²) in [6.07, 6.45) is 0.706. The second kappa shape index (κ2) is 5.26. The number of alkyl halides is 2. The fourth-order valence-corrected chi connectivity index (χ4v) is 2.26. The Kier molecular flexibility index (Phi) is 3.90. The van der Waals surface area contributed by atoms with Crippen molar-refractivity contribution in [3.63, 3.8) is 0 Å². The molecule has 1 aliphatic carbocycles. The zero-order valence-corrected chi connectivity index (χ0v) is 10.8. The first-order valence-electron chi connectivity index (χ1n) is 5.84. The van der Waals surface area contributed by atoms with Crippen LogP contribution in [0.1, 0.15) is 25.7 Å². The van der Waals surface area contributed by atoms with Crippen LogP contribution in [0.2, 0.25) is 5.15 Å². The van der Waals surface area contributed by atoms with Gasteiger partial charge in [0, 0.05) is 31.0 Å². The van der Waals surface area contributed by atoms with E-state index in [4.69, 9.17) is 16.3 Å². The van der Waals surface area contributed by atoms with Crippen molar-refractivity contribution in [1.82, 2.24) is 4.98 Å². The number of hydrogen-bond donors (Lipinski definition) is 1. The second-order valence-electron chi connectivity index (χ2n) is 4.49. The smallest absolute Gasteiger partial charge is 0.248 e. The summed E-state index contributed by atoms with van der Waals surface area (Å²) < 4.78 is 31.1. The van der Waals surface area contributed by atoms with Gasteiger partial charge < -0.3 is 10.1 Å². The lowest BCUT2D eigenvalue weighted by atomic mass is 9.92. The number of ether oxygens (including phenoxy) is 1. The van der Waals surface area contributed by atoms with Crippen molar-refractivity contribution in [2.45, 2.75) is 37.6 Å². The summed E-state index contributed by atoms with van der Waals surface area (Å²) >= 11 is 5.84. The molecule has 1 aliphatic rings. The molecule has 0 unspecified atom stereocenters. The Morgan fingerprint density at radius 3 is 2.67 bits per heavy atom. The summed E-state index contributed by atoms with van der Waals surface area (Å²) in [6.45, 7) is 0. The molecular weight excluding hydrogens is 262 g/mol. The third-order valence-corrected chi connectivity index (χ3v) is 3.27. The van der Waals surface area contributed by atoms with E-state index < -0.39 is 5.92 Å². The lowest BCUT2D eigenvalue weighted by molar-refractivity contribution is -0.0361. The highest BCUT2D eigenvalue weighted by Gasteiger charge is 2.34. The molecule has 0 atom stereocenters. The molecule has 0 aliphatic heterocycles. The Morgan fingerprint density at radius 2 is 2.06 bits per heavy atom. The lowest BCUT2D eigenvalue weighted by Crippen LogP contribution is -2.32. The number of methoxy groups -OCH3 is 1. The largest absolute Gasteiger partial charge is 0.497 e. The van der Waals surface area contributed by atoms with Gasteiger partial charge in [-0.25, -0.2) is 13.8 Å². The summed E-state index contributed by atoms with van der Waals surface area (Å²) in [5.41, 5.74) is 0. The fourth-order valence-electron chi connectivity index (χ4n) is 2.06. The molecule has 100 valence electrons. The van der Waals surface area contributed by atoms with Crippen LogP contribution in [0.5, 0.6) is 5.75 Å². The quantitative estimate of drug-likeness (QED) is 0.854. The van der Waals surface area contributed by atoms with Crippen molar-refractivity contribution >= 4 is 17.4 Å². The van der Waals surface area contributed by atoms with E-state index in [1.54, 1.807) is 12.1 Å². The van der Waals surface area contributed by atoms with Crippen LogP contribution in [0.3, 0.4) is 0 Å². The zero-order chi connectivity index (χ0) is 13.2. The van der Waals surface area contributed by atoms with Gasteiger partial charge in [0.2, 0.25) is 5.92 Å². The maximum absolute atomic E-state index is 13.0. The molecular formula is C12H15ClF2N2O. The van der Waals surface area contributed by atoms with Crippen LogP contribution in [0.25, 0.3) is 0 Å². The average Bonchev–Trinajstić information content (AvgIpc) is 2.31. The molecule has 0 aromatic carbocycles. The van der Waals surface area contributed by atoms with Crippen LogP contribution in [-0.4, -0.2) is 24.1 Å². The minimum atomic E-state index is -2.52. The van der Waals surface area contributed by atoms with Crippen molar-refractivity contribution in [3.8, 4) is 5.75 Å². The fraction of sp³-hybridized carbons (Fsp3) is 0.583. The molecule has 18 heavy (non-hydrogen) atoms. The minimum Gasteiger partial charge on any atom is -0.497 e. The van der Waals surface area contributed by atoms with Crippen molar-refractivity contribution in [2.75, 3.05) is 12.4 Å². The van der Waals surface area contributed by atoms with Crippen LogP contribution in [0, 0.1) is 0 Å². The zero-order valence-electron chi connectivity index (χ0n) is 10.0. The van der Waals surface area contributed by atoms with Gasteiger partial charge in [-0.05, 0) is 12.8 Å². The normalized spacial score (nSPS) is 19.6. The van der Waals surface area contributed by atoms with Gasteiger partial charge >= 0.3 is 0 Å². The maximum atomic E-state index is 13.0. The van der Waals surface area contributed by atoms with E-state index in [0.29, 0.717) is 29.6 Å². The van der Waals surface area contributed by atoms with Gasteiger partial charge in [-0.15, -0.1) is 0 Å². The van der Waals surface area contributed by atoms with E-state index in [1.165, 1.54) is 7.11 Å². The standard InChI is InChI=1S/C12H15ClF2N2O/c1-18-9-6-10(13)17-11(7-9)16-8-2-4-12(14,15)5-3-8/h6-8H,2-5H2,1H3,(H,16,17). The molecule has 0 bridgehead atoms. The molecule has 1 N–H and O–H groups in total. The summed E-state index contributed by atoms with van der Waals surface area (Å²) in [5.74, 6) is -1.36. The van der Waals surface area contributed by atoms with Crippen molar-refractivity contribution in [3.05, 3.63) is 17.3 Å². The average molecular weight is 277 g/mol. The van der Waals surface area contributed by atoms with Crippen molar-refractivity contribution in [1.29, 1.82) is 0 Å². The summed E-state index contributed by atoms with van der Waals surface area (Å²) in [5, 5.41) is 3.44. The van der Waals surface area contributed by atoms with Crippen LogP contribution >= 0.6 is 11.6 Å². The molecule has 1 aromatic heterocycles. The number of nitrogens with zero attached hydrogens (tertiary/aromatic N) is 1. The Hall–Kier alpha value is -1.10. The molecule has 1 heterocycles. The van der Waals surface area contributed by atoms with Gasteiger partial charge in [0.15, 0.2) is 0 Å². The highest BCUT2D eigenvalue weighted by Crippen LogP contribution is 2.34. The molecule has 0 radical (unpaired) electrons. The lowest BCUT2D eigenvalue weighted by Gasteiger charge is -2.29. The van der Waals surface area contributed by atoms with Gasteiger partial charge in [-0.3, -0.25) is 0 Å². The Labute approximate surface area is 109 Å². The number of halogens is 3. The first-order valence-corrected chi connectivity index (χ1v) is 6.22. The van der Waals surface area contributed by atoms with Gasteiger partial charge in [-0.1, -0.05) is 11.6 Å². The summed E-state index contributed by atoms with van der Waals surface area (Å²) in [7, 11) is 1.54. The topological polar surface area (TPSA) is 34.1 Å². The monoisotopic (exact) mass is 276 g/mol. The minimum absolute atomic E-state index is 0.0142.